The SMILES string of the molecule is O=C(CNC(=O)C(c1ccccc1)c1ccccc1)OCC(=O)c1ccc(C2CCCCC2)cc1. The van der Waals surface area contributed by atoms with Gasteiger partial charge in [0.05, 0.1) is 5.92 Å². The molecule has 5 nitrogen and oxygen atoms in total. The van der Waals surface area contributed by atoms with Gasteiger partial charge in [-0.3, -0.25) is 14.4 Å². The summed E-state index contributed by atoms with van der Waals surface area (Å²) < 4.78 is 5.14. The molecule has 3 aromatic carbocycles. The molecular formula is C30H31NO4. The molecule has 1 aliphatic rings. The molecule has 3 aromatic rings. The van der Waals surface area contributed by atoms with Crippen LogP contribution in [-0.2, 0) is 14.3 Å². The molecule has 1 fully saturated rings. The number of esters is 1. The molecule has 1 amide bonds. The summed E-state index contributed by atoms with van der Waals surface area (Å²) in [4.78, 5) is 37.7. The van der Waals surface area contributed by atoms with Gasteiger partial charge in [0, 0.05) is 5.56 Å². The van der Waals surface area contributed by atoms with E-state index in [9.17, 15) is 14.4 Å². The van der Waals surface area contributed by atoms with Gasteiger partial charge in [-0.25, -0.2) is 0 Å². The standard InChI is InChI=1S/C30H31NO4/c32-27(24-18-16-23(17-19-24)22-10-4-1-5-11-22)21-35-28(33)20-31-30(34)29(25-12-6-2-7-13-25)26-14-8-3-9-15-26/h2-3,6-9,12-19,22,29H,1,4-5,10-11,20-21H2,(H,31,34). The highest BCUT2D eigenvalue weighted by Crippen LogP contribution is 2.32. The zero-order chi connectivity index (χ0) is 24.5. The van der Waals surface area contributed by atoms with E-state index in [4.69, 9.17) is 4.74 Å². The third-order valence-corrected chi connectivity index (χ3v) is 6.61. The highest BCUT2D eigenvalue weighted by Gasteiger charge is 2.23. The molecular weight excluding hydrogens is 438 g/mol. The van der Waals surface area contributed by atoms with Gasteiger partial charge in [-0.05, 0) is 35.4 Å². The molecule has 1 N–H and O–H groups in total. The summed E-state index contributed by atoms with van der Waals surface area (Å²) in [5, 5.41) is 2.66. The number of nitrogens with one attached hydrogen (secondary N) is 1. The van der Waals surface area contributed by atoms with Crippen molar-refractivity contribution in [2.24, 2.45) is 0 Å². The normalized spacial score (nSPS) is 13.9. The molecule has 35 heavy (non-hydrogen) atoms. The third-order valence-electron chi connectivity index (χ3n) is 6.61. The van der Waals surface area contributed by atoms with E-state index in [2.05, 4.69) is 5.32 Å². The molecule has 0 saturated heterocycles. The fourth-order valence-electron chi connectivity index (χ4n) is 4.71. The zero-order valence-corrected chi connectivity index (χ0v) is 19.8. The van der Waals surface area contributed by atoms with Crippen molar-refractivity contribution in [3.05, 3.63) is 107 Å². The summed E-state index contributed by atoms with van der Waals surface area (Å²) in [6, 6.07) is 26.5. The number of hydrogen-bond acceptors (Lipinski definition) is 4. The van der Waals surface area contributed by atoms with Gasteiger partial charge >= 0.3 is 5.97 Å². The van der Waals surface area contributed by atoms with Crippen molar-refractivity contribution < 1.29 is 19.1 Å². The summed E-state index contributed by atoms with van der Waals surface area (Å²) in [6.45, 7) is -0.652. The molecule has 0 unspecified atom stereocenters. The molecule has 0 heterocycles. The van der Waals surface area contributed by atoms with Crippen molar-refractivity contribution in [3.63, 3.8) is 0 Å². The lowest BCUT2D eigenvalue weighted by atomic mass is 9.84. The summed E-state index contributed by atoms with van der Waals surface area (Å²) in [5.41, 5.74) is 3.45. The minimum Gasteiger partial charge on any atom is -0.456 e. The number of Topliss-reactive ketones (excluding diaryl/α,β-unsaturated/α-hetero) is 1. The Morgan fingerprint density at radius 3 is 1.91 bits per heavy atom. The maximum atomic E-state index is 13.0. The fourth-order valence-corrected chi connectivity index (χ4v) is 4.71. The summed E-state index contributed by atoms with van der Waals surface area (Å²) in [6.07, 6.45) is 6.22. The predicted molar refractivity (Wildman–Crippen MR) is 135 cm³/mol. The Kier molecular flexibility index (Phi) is 8.44. The first-order valence-corrected chi connectivity index (χ1v) is 12.3. The molecule has 1 saturated carbocycles. The van der Waals surface area contributed by atoms with Crippen molar-refractivity contribution in [1.29, 1.82) is 0 Å². The molecule has 0 spiro atoms. The number of benzene rings is 3. The topological polar surface area (TPSA) is 72.5 Å². The van der Waals surface area contributed by atoms with E-state index in [0.717, 1.165) is 11.1 Å². The molecule has 0 aliphatic heterocycles. The molecule has 0 radical (unpaired) electrons. The monoisotopic (exact) mass is 469 g/mol. The van der Waals surface area contributed by atoms with Crippen molar-refractivity contribution in [2.45, 2.75) is 43.9 Å². The first-order valence-electron chi connectivity index (χ1n) is 12.3. The van der Waals surface area contributed by atoms with E-state index >= 15 is 0 Å². The lowest BCUT2D eigenvalue weighted by molar-refractivity contribution is -0.142. The number of carbonyl (C=O) groups is 3. The molecule has 0 bridgehead atoms. The maximum absolute atomic E-state index is 13.0. The minimum absolute atomic E-state index is 0.258. The Balaban J connectivity index is 1.29. The Labute approximate surface area is 206 Å². The lowest BCUT2D eigenvalue weighted by Gasteiger charge is -2.22. The molecule has 180 valence electrons. The number of amides is 1. The second-order valence-corrected chi connectivity index (χ2v) is 9.01. The van der Waals surface area contributed by atoms with Gasteiger partial charge in [-0.1, -0.05) is 104 Å². The fraction of sp³-hybridized carbons (Fsp3) is 0.300. The molecule has 1 aliphatic carbocycles. The van der Waals surface area contributed by atoms with Gasteiger partial charge in [-0.2, -0.15) is 0 Å². The van der Waals surface area contributed by atoms with Crippen molar-refractivity contribution >= 4 is 17.7 Å². The first-order chi connectivity index (χ1) is 17.1. The number of rotatable bonds is 9. The van der Waals surface area contributed by atoms with Crippen LogP contribution in [0.1, 0.15) is 71.0 Å². The minimum atomic E-state index is -0.648. The molecule has 5 heteroatoms. The Morgan fingerprint density at radius 1 is 0.771 bits per heavy atom. The average molecular weight is 470 g/mol. The van der Waals surface area contributed by atoms with E-state index in [1.807, 2.05) is 84.9 Å². The van der Waals surface area contributed by atoms with Crippen molar-refractivity contribution in [3.8, 4) is 0 Å². The quantitative estimate of drug-likeness (QED) is 0.336. The second-order valence-electron chi connectivity index (χ2n) is 9.01. The Morgan fingerprint density at radius 2 is 1.34 bits per heavy atom. The predicted octanol–water partition coefficient (Wildman–Crippen LogP) is 5.41. The summed E-state index contributed by atoms with van der Waals surface area (Å²) in [5.74, 6) is -1.18. The highest BCUT2D eigenvalue weighted by atomic mass is 16.5. The molecule has 4 rings (SSSR count). The Bertz CT molecular complexity index is 1080. The maximum Gasteiger partial charge on any atom is 0.325 e. The number of carbonyl (C=O) groups excluding carboxylic acids is 3. The van der Waals surface area contributed by atoms with Crippen LogP contribution in [0.15, 0.2) is 84.9 Å². The van der Waals surface area contributed by atoms with Gasteiger partial charge in [0.2, 0.25) is 5.91 Å². The van der Waals surface area contributed by atoms with E-state index in [0.29, 0.717) is 11.5 Å². The Hall–Kier alpha value is -3.73. The highest BCUT2D eigenvalue weighted by molar-refractivity contribution is 5.98. The lowest BCUT2D eigenvalue weighted by Crippen LogP contribution is -2.35. The average Bonchev–Trinajstić information content (AvgIpc) is 2.92. The smallest absolute Gasteiger partial charge is 0.325 e. The number of ketones is 1. The van der Waals surface area contributed by atoms with E-state index in [-0.39, 0.29) is 24.8 Å². The van der Waals surface area contributed by atoms with Crippen LogP contribution in [0.25, 0.3) is 0 Å². The summed E-state index contributed by atoms with van der Waals surface area (Å²) >= 11 is 0. The van der Waals surface area contributed by atoms with Gasteiger partial charge in [0.25, 0.3) is 0 Å². The van der Waals surface area contributed by atoms with Crippen LogP contribution in [0, 0.1) is 0 Å². The van der Waals surface area contributed by atoms with Crippen LogP contribution in [0.3, 0.4) is 0 Å². The molecule has 0 atom stereocenters. The van der Waals surface area contributed by atoms with E-state index < -0.39 is 11.9 Å². The van der Waals surface area contributed by atoms with Crippen LogP contribution in [0.5, 0.6) is 0 Å². The van der Waals surface area contributed by atoms with Gasteiger partial charge in [0.15, 0.2) is 12.4 Å². The van der Waals surface area contributed by atoms with E-state index in [1.165, 1.54) is 37.7 Å². The van der Waals surface area contributed by atoms with Crippen LogP contribution in [-0.4, -0.2) is 30.8 Å². The largest absolute Gasteiger partial charge is 0.456 e. The van der Waals surface area contributed by atoms with Gasteiger partial charge in [-0.15, -0.1) is 0 Å². The van der Waals surface area contributed by atoms with Crippen molar-refractivity contribution in [1.82, 2.24) is 5.32 Å². The second kappa shape index (κ2) is 12.1. The zero-order valence-electron chi connectivity index (χ0n) is 19.8. The molecule has 0 aromatic heterocycles. The van der Waals surface area contributed by atoms with E-state index in [1.54, 1.807) is 0 Å². The number of ether oxygens (including phenoxy) is 1. The van der Waals surface area contributed by atoms with Crippen LogP contribution < -0.4 is 5.32 Å². The van der Waals surface area contributed by atoms with Crippen LogP contribution in [0.4, 0.5) is 0 Å². The van der Waals surface area contributed by atoms with Crippen LogP contribution >= 0.6 is 0 Å². The number of hydrogen-bond donors (Lipinski definition) is 1. The van der Waals surface area contributed by atoms with Crippen LogP contribution in [0.2, 0.25) is 0 Å². The van der Waals surface area contributed by atoms with Gasteiger partial charge < -0.3 is 10.1 Å². The summed E-state index contributed by atoms with van der Waals surface area (Å²) in [7, 11) is 0. The first kappa shape index (κ1) is 24.4. The van der Waals surface area contributed by atoms with Crippen molar-refractivity contribution in [2.75, 3.05) is 13.2 Å². The van der Waals surface area contributed by atoms with Gasteiger partial charge in [0.1, 0.15) is 6.54 Å². The third kappa shape index (κ3) is 6.66.